The minimum atomic E-state index is 0.0608. The number of hydrogen-bond acceptors (Lipinski definition) is 3. The molecule has 0 N–H and O–H groups in total. The third-order valence-electron chi connectivity index (χ3n) is 3.79. The van der Waals surface area contributed by atoms with Gasteiger partial charge in [0.05, 0.1) is 5.02 Å². The van der Waals surface area contributed by atoms with Crippen LogP contribution in [0.5, 0.6) is 11.5 Å². The highest BCUT2D eigenvalue weighted by molar-refractivity contribution is 6.32. The maximum Gasteiger partial charge on any atom is 0.246 e. The van der Waals surface area contributed by atoms with Gasteiger partial charge in [-0.1, -0.05) is 24.4 Å². The molecule has 0 bridgehead atoms. The second-order valence-corrected chi connectivity index (χ2v) is 5.72. The Morgan fingerprint density at radius 3 is 2.67 bits per heavy atom. The average molecular weight is 308 g/mol. The summed E-state index contributed by atoms with van der Waals surface area (Å²) in [5.41, 5.74) is 0.840. The van der Waals surface area contributed by atoms with Gasteiger partial charge in [0.15, 0.2) is 11.5 Å². The SMILES string of the molecule is O=C(C=Cc1cc(Cl)c2c(c1)OCO2)N1CCCCCC1. The van der Waals surface area contributed by atoms with Crippen LogP contribution in [-0.2, 0) is 4.79 Å². The van der Waals surface area contributed by atoms with Crippen LogP contribution in [0.1, 0.15) is 31.2 Å². The van der Waals surface area contributed by atoms with E-state index in [0.29, 0.717) is 16.5 Å². The smallest absolute Gasteiger partial charge is 0.246 e. The van der Waals surface area contributed by atoms with Crippen molar-refractivity contribution in [2.45, 2.75) is 25.7 Å². The summed E-state index contributed by atoms with van der Waals surface area (Å²) in [7, 11) is 0. The second-order valence-electron chi connectivity index (χ2n) is 5.31. The molecule has 0 spiro atoms. The molecule has 0 aliphatic carbocycles. The van der Waals surface area contributed by atoms with Crippen LogP contribution in [0.15, 0.2) is 18.2 Å². The Kier molecular flexibility index (Phi) is 4.34. The van der Waals surface area contributed by atoms with E-state index in [1.54, 1.807) is 18.2 Å². The van der Waals surface area contributed by atoms with Gasteiger partial charge in [0, 0.05) is 19.2 Å². The summed E-state index contributed by atoms with van der Waals surface area (Å²) in [4.78, 5) is 14.1. The van der Waals surface area contributed by atoms with Gasteiger partial charge in [0.1, 0.15) is 0 Å². The van der Waals surface area contributed by atoms with Crippen LogP contribution in [-0.4, -0.2) is 30.7 Å². The minimum Gasteiger partial charge on any atom is -0.454 e. The van der Waals surface area contributed by atoms with Crippen LogP contribution in [0.3, 0.4) is 0 Å². The fourth-order valence-corrected chi connectivity index (χ4v) is 2.92. The van der Waals surface area contributed by atoms with Gasteiger partial charge < -0.3 is 14.4 Å². The van der Waals surface area contributed by atoms with E-state index in [4.69, 9.17) is 21.1 Å². The molecule has 0 saturated carbocycles. The molecule has 1 amide bonds. The largest absolute Gasteiger partial charge is 0.454 e. The summed E-state index contributed by atoms with van der Waals surface area (Å²) in [5, 5.41) is 0.506. The molecule has 21 heavy (non-hydrogen) atoms. The molecule has 0 aromatic heterocycles. The summed E-state index contributed by atoms with van der Waals surface area (Å²) >= 11 is 6.13. The van der Waals surface area contributed by atoms with Crippen molar-refractivity contribution < 1.29 is 14.3 Å². The summed E-state index contributed by atoms with van der Waals surface area (Å²) in [6, 6.07) is 3.61. The van der Waals surface area contributed by atoms with Crippen LogP contribution in [0.25, 0.3) is 6.08 Å². The minimum absolute atomic E-state index is 0.0608. The topological polar surface area (TPSA) is 38.8 Å². The lowest BCUT2D eigenvalue weighted by atomic mass is 10.2. The Morgan fingerprint density at radius 2 is 1.90 bits per heavy atom. The number of rotatable bonds is 2. The predicted molar refractivity (Wildman–Crippen MR) is 81.7 cm³/mol. The number of hydrogen-bond donors (Lipinski definition) is 0. The van der Waals surface area contributed by atoms with E-state index in [1.807, 2.05) is 11.0 Å². The standard InChI is InChI=1S/C16H18ClNO3/c17-13-9-12(10-14-16(13)21-11-20-14)5-6-15(19)18-7-3-1-2-4-8-18/h5-6,9-10H,1-4,7-8,11H2. The van der Waals surface area contributed by atoms with Crippen molar-refractivity contribution in [1.82, 2.24) is 4.90 Å². The highest BCUT2D eigenvalue weighted by Crippen LogP contribution is 2.40. The number of ether oxygens (including phenoxy) is 2. The van der Waals surface area contributed by atoms with E-state index in [-0.39, 0.29) is 12.7 Å². The number of benzene rings is 1. The quantitative estimate of drug-likeness (QED) is 0.785. The lowest BCUT2D eigenvalue weighted by Crippen LogP contribution is -2.30. The number of nitrogens with zero attached hydrogens (tertiary/aromatic N) is 1. The molecule has 1 aromatic carbocycles. The van der Waals surface area contributed by atoms with Gasteiger partial charge in [-0.05, 0) is 36.6 Å². The highest BCUT2D eigenvalue weighted by atomic mass is 35.5. The molecular formula is C16H18ClNO3. The van der Waals surface area contributed by atoms with E-state index in [2.05, 4.69) is 0 Å². The molecule has 5 heteroatoms. The van der Waals surface area contributed by atoms with Gasteiger partial charge in [0.2, 0.25) is 12.7 Å². The molecule has 0 radical (unpaired) electrons. The van der Waals surface area contributed by atoms with Gasteiger partial charge in [-0.15, -0.1) is 0 Å². The number of carbonyl (C=O) groups is 1. The molecule has 1 fully saturated rings. The van der Waals surface area contributed by atoms with Crippen LogP contribution in [0, 0.1) is 0 Å². The van der Waals surface area contributed by atoms with Gasteiger partial charge in [0.25, 0.3) is 0 Å². The van der Waals surface area contributed by atoms with Gasteiger partial charge >= 0.3 is 0 Å². The Labute approximate surface area is 129 Å². The number of likely N-dealkylation sites (tertiary alicyclic amines) is 1. The fraction of sp³-hybridized carbons (Fsp3) is 0.438. The average Bonchev–Trinajstić information content (AvgIpc) is 2.79. The first-order valence-corrected chi connectivity index (χ1v) is 7.68. The maximum atomic E-state index is 12.2. The molecule has 112 valence electrons. The summed E-state index contributed by atoms with van der Waals surface area (Å²) in [5.74, 6) is 1.27. The molecular weight excluding hydrogens is 290 g/mol. The van der Waals surface area contributed by atoms with Crippen LogP contribution >= 0.6 is 11.6 Å². The molecule has 2 aliphatic heterocycles. The highest BCUT2D eigenvalue weighted by Gasteiger charge is 2.18. The summed E-state index contributed by atoms with van der Waals surface area (Å²) in [6.07, 6.45) is 8.00. The molecule has 2 aliphatic rings. The fourth-order valence-electron chi connectivity index (χ4n) is 2.65. The first kappa shape index (κ1) is 14.3. The van der Waals surface area contributed by atoms with Crippen molar-refractivity contribution in [3.63, 3.8) is 0 Å². The maximum absolute atomic E-state index is 12.2. The van der Waals surface area contributed by atoms with Crippen LogP contribution in [0.2, 0.25) is 5.02 Å². The monoisotopic (exact) mass is 307 g/mol. The number of amides is 1. The zero-order chi connectivity index (χ0) is 14.7. The van der Waals surface area contributed by atoms with Crippen molar-refractivity contribution in [1.29, 1.82) is 0 Å². The normalized spacial score (nSPS) is 18.0. The van der Waals surface area contributed by atoms with E-state index in [0.717, 1.165) is 31.5 Å². The van der Waals surface area contributed by atoms with Crippen molar-refractivity contribution in [3.05, 3.63) is 28.8 Å². The third kappa shape index (κ3) is 3.32. The molecule has 1 aromatic rings. The van der Waals surface area contributed by atoms with Crippen molar-refractivity contribution in [2.24, 2.45) is 0 Å². The Balaban J connectivity index is 1.70. The Morgan fingerprint density at radius 1 is 1.14 bits per heavy atom. The lowest BCUT2D eigenvalue weighted by Gasteiger charge is -2.17. The van der Waals surface area contributed by atoms with Crippen LogP contribution < -0.4 is 9.47 Å². The first-order valence-electron chi connectivity index (χ1n) is 7.30. The number of fused-ring (bicyclic) bond motifs is 1. The Bertz CT molecular complexity index is 563. The molecule has 1 saturated heterocycles. The van der Waals surface area contributed by atoms with E-state index in [1.165, 1.54) is 12.8 Å². The second kappa shape index (κ2) is 6.39. The molecule has 0 unspecified atom stereocenters. The van der Waals surface area contributed by atoms with Gasteiger partial charge in [-0.2, -0.15) is 0 Å². The zero-order valence-electron chi connectivity index (χ0n) is 11.8. The van der Waals surface area contributed by atoms with Crippen molar-refractivity contribution in [2.75, 3.05) is 19.9 Å². The molecule has 2 heterocycles. The zero-order valence-corrected chi connectivity index (χ0v) is 12.6. The van der Waals surface area contributed by atoms with E-state index >= 15 is 0 Å². The summed E-state index contributed by atoms with van der Waals surface area (Å²) < 4.78 is 10.6. The number of halogens is 1. The third-order valence-corrected chi connectivity index (χ3v) is 4.07. The number of carbonyl (C=O) groups excluding carboxylic acids is 1. The van der Waals surface area contributed by atoms with Gasteiger partial charge in [-0.3, -0.25) is 4.79 Å². The van der Waals surface area contributed by atoms with Crippen molar-refractivity contribution >= 4 is 23.6 Å². The van der Waals surface area contributed by atoms with Gasteiger partial charge in [-0.25, -0.2) is 0 Å². The van der Waals surface area contributed by atoms with Crippen LogP contribution in [0.4, 0.5) is 0 Å². The van der Waals surface area contributed by atoms with Crippen molar-refractivity contribution in [3.8, 4) is 11.5 Å². The lowest BCUT2D eigenvalue weighted by molar-refractivity contribution is -0.125. The molecule has 0 atom stereocenters. The molecule has 4 nitrogen and oxygen atoms in total. The predicted octanol–water partition coefficient (Wildman–Crippen LogP) is 3.48. The van der Waals surface area contributed by atoms with E-state index in [9.17, 15) is 4.79 Å². The van der Waals surface area contributed by atoms with E-state index < -0.39 is 0 Å². The first-order chi connectivity index (χ1) is 10.2. The summed E-state index contributed by atoms with van der Waals surface area (Å²) in [6.45, 7) is 1.89. The Hall–Kier alpha value is -1.68. The molecule has 3 rings (SSSR count).